The monoisotopic (exact) mass is 685 g/mol. The van der Waals surface area contributed by atoms with Crippen LogP contribution in [0.25, 0.3) is 22.3 Å². The molecule has 2 aliphatic carbocycles. The summed E-state index contributed by atoms with van der Waals surface area (Å²) < 4.78 is 21.7. The summed E-state index contributed by atoms with van der Waals surface area (Å²) in [5.74, 6) is 0.663. The number of anilines is 1. The number of nitrogens with two attached hydrogens (primary N) is 1. The number of hydrogen-bond donors (Lipinski definition) is 4. The standard InChI is InChI=1S/C19H25ClN4O3.C12H15N5O4/c1-10-6-19(7-10)11(2)13(26-17(25)18(3,4)5)16(27-19)24-9-23-12-14(20)21-8-22-15(12)24;13-9-6-10(15-3-14-9)17(4-16-6)11-7(19)8(20)12(21-11)1-5(18)2-12/h8-11,13,16H,6-7H2,1-5H3;3-5,7-8,11,18-20H,1-2H2,(H2,13,14,15)/t10?,11-,13+,16+,19?;5?,7-,8+,11-,12?/m01/s1. The molecule has 4 aromatic rings. The molecule has 5 N–H and O–H groups in total. The zero-order valence-corrected chi connectivity index (χ0v) is 28.0. The van der Waals surface area contributed by atoms with Gasteiger partial charge in [0.2, 0.25) is 0 Å². The molecule has 17 heteroatoms. The molecular formula is C31H40ClN9O7. The number of nitrogens with zero attached hydrogens (tertiary/aromatic N) is 8. The molecule has 258 valence electrons. The van der Waals surface area contributed by atoms with Gasteiger partial charge in [0.1, 0.15) is 41.5 Å². The van der Waals surface area contributed by atoms with Crippen LogP contribution in [0.1, 0.15) is 72.8 Å². The Hall–Kier alpha value is -3.54. The van der Waals surface area contributed by atoms with Crippen LogP contribution in [0.15, 0.2) is 25.3 Å². The summed E-state index contributed by atoms with van der Waals surface area (Å²) in [5, 5.41) is 30.2. The zero-order chi connectivity index (χ0) is 34.3. The summed E-state index contributed by atoms with van der Waals surface area (Å²) >= 11 is 6.15. The van der Waals surface area contributed by atoms with Gasteiger partial charge < -0.3 is 35.3 Å². The first-order valence-corrected chi connectivity index (χ1v) is 16.4. The highest BCUT2D eigenvalue weighted by Gasteiger charge is 2.62. The van der Waals surface area contributed by atoms with Crippen molar-refractivity contribution in [3.05, 3.63) is 30.5 Å². The van der Waals surface area contributed by atoms with E-state index in [0.717, 1.165) is 12.8 Å². The van der Waals surface area contributed by atoms with Crippen molar-refractivity contribution < 1.29 is 34.3 Å². The Morgan fingerprint density at radius 3 is 2.10 bits per heavy atom. The molecule has 16 nitrogen and oxygen atoms in total. The number of fused-ring (bicyclic) bond motifs is 2. The highest BCUT2D eigenvalue weighted by Crippen LogP contribution is 2.56. The van der Waals surface area contributed by atoms with E-state index >= 15 is 0 Å². The van der Waals surface area contributed by atoms with Gasteiger partial charge in [0.15, 0.2) is 40.8 Å². The molecule has 6 heterocycles. The number of carbonyl (C=O) groups excluding carboxylic acids is 1. The zero-order valence-electron chi connectivity index (χ0n) is 27.3. The second-order valence-corrected chi connectivity index (χ2v) is 15.0. The smallest absolute Gasteiger partial charge is 0.311 e. The van der Waals surface area contributed by atoms with E-state index < -0.39 is 47.9 Å². The highest BCUT2D eigenvalue weighted by molar-refractivity contribution is 6.33. The molecular weight excluding hydrogens is 646 g/mol. The number of nitrogen functional groups attached to an aromatic ring is 1. The summed E-state index contributed by atoms with van der Waals surface area (Å²) in [6.45, 7) is 9.88. The van der Waals surface area contributed by atoms with E-state index in [4.69, 9.17) is 31.5 Å². The first-order chi connectivity index (χ1) is 22.6. The molecule has 2 saturated heterocycles. The number of rotatable bonds is 3. The van der Waals surface area contributed by atoms with E-state index in [0.29, 0.717) is 46.2 Å². The third-order valence-electron chi connectivity index (χ3n) is 10.1. The van der Waals surface area contributed by atoms with Gasteiger partial charge in [-0.05, 0) is 39.5 Å². The fourth-order valence-corrected chi connectivity index (χ4v) is 7.61. The van der Waals surface area contributed by atoms with Crippen LogP contribution >= 0.6 is 11.6 Å². The Morgan fingerprint density at radius 1 is 0.896 bits per heavy atom. The van der Waals surface area contributed by atoms with Crippen LogP contribution in [0, 0.1) is 17.3 Å². The fraction of sp³-hybridized carbons (Fsp3) is 0.645. The number of esters is 1. The number of aromatic nitrogens is 8. The molecule has 8 rings (SSSR count). The van der Waals surface area contributed by atoms with E-state index in [1.807, 2.05) is 25.3 Å². The van der Waals surface area contributed by atoms with Gasteiger partial charge in [0, 0.05) is 18.8 Å². The van der Waals surface area contributed by atoms with E-state index in [-0.39, 0.29) is 23.3 Å². The molecule has 4 fully saturated rings. The Kier molecular flexibility index (Phi) is 7.92. The molecule has 0 bridgehead atoms. The van der Waals surface area contributed by atoms with Crippen LogP contribution in [0.5, 0.6) is 0 Å². The Labute approximate surface area is 280 Å². The SMILES string of the molecule is CC1CC2(C1)O[C@@H](n1cnc3c(Cl)ncnc31)[C@H](OC(=O)C(C)(C)C)[C@@H]2C.Nc1ncnc2c1ncn2[C@@H]1OC2(CC(O)C2)[C@@H](O)[C@H]1O. The second kappa shape index (κ2) is 11.5. The summed E-state index contributed by atoms with van der Waals surface area (Å²) in [6.07, 6.45) is 3.85. The van der Waals surface area contributed by atoms with Crippen molar-refractivity contribution in [3.63, 3.8) is 0 Å². The van der Waals surface area contributed by atoms with Gasteiger partial charge >= 0.3 is 5.97 Å². The van der Waals surface area contributed by atoms with Gasteiger partial charge in [-0.15, -0.1) is 0 Å². The van der Waals surface area contributed by atoms with Gasteiger partial charge in [0.25, 0.3) is 0 Å². The molecule has 0 amide bonds. The van der Waals surface area contributed by atoms with Gasteiger partial charge in [-0.3, -0.25) is 13.9 Å². The van der Waals surface area contributed by atoms with Crippen LogP contribution in [-0.4, -0.2) is 95.9 Å². The van der Waals surface area contributed by atoms with Crippen LogP contribution in [-0.2, 0) is 19.0 Å². The average Bonchev–Trinajstić information content (AvgIpc) is 3.75. The van der Waals surface area contributed by atoms with Gasteiger partial charge in [0.05, 0.1) is 29.8 Å². The lowest BCUT2D eigenvalue weighted by atomic mass is 9.65. The average molecular weight is 686 g/mol. The molecule has 2 spiro atoms. The second-order valence-electron chi connectivity index (χ2n) is 14.6. The molecule has 2 aliphatic heterocycles. The third kappa shape index (κ3) is 5.20. The number of aliphatic hydroxyl groups excluding tert-OH is 3. The van der Waals surface area contributed by atoms with Crippen molar-refractivity contribution in [2.45, 2.75) is 108 Å². The van der Waals surface area contributed by atoms with Gasteiger partial charge in [-0.2, -0.15) is 0 Å². The molecule has 2 saturated carbocycles. The lowest BCUT2D eigenvalue weighted by molar-refractivity contribution is -0.188. The quantitative estimate of drug-likeness (QED) is 0.180. The lowest BCUT2D eigenvalue weighted by Gasteiger charge is -2.46. The first-order valence-electron chi connectivity index (χ1n) is 16.0. The van der Waals surface area contributed by atoms with Gasteiger partial charge in [-0.25, -0.2) is 29.9 Å². The number of aliphatic hydroxyl groups is 3. The first kappa shape index (κ1) is 33.0. The number of halogens is 1. The maximum absolute atomic E-state index is 12.6. The van der Waals surface area contributed by atoms with Crippen molar-refractivity contribution in [2.75, 3.05) is 5.73 Å². The van der Waals surface area contributed by atoms with E-state index in [1.165, 1.54) is 23.5 Å². The molecule has 4 aliphatic rings. The van der Waals surface area contributed by atoms with Crippen molar-refractivity contribution in [2.24, 2.45) is 17.3 Å². The summed E-state index contributed by atoms with van der Waals surface area (Å²) in [6, 6.07) is 0. The summed E-state index contributed by atoms with van der Waals surface area (Å²) in [5.41, 5.74) is 5.89. The topological polar surface area (TPSA) is 219 Å². The third-order valence-corrected chi connectivity index (χ3v) is 10.4. The lowest BCUT2D eigenvalue weighted by Crippen LogP contribution is -2.55. The summed E-state index contributed by atoms with van der Waals surface area (Å²) in [4.78, 5) is 37.4. The molecule has 0 radical (unpaired) electrons. The Morgan fingerprint density at radius 2 is 1.48 bits per heavy atom. The van der Waals surface area contributed by atoms with Gasteiger partial charge in [-0.1, -0.05) is 25.4 Å². The summed E-state index contributed by atoms with van der Waals surface area (Å²) in [7, 11) is 0. The minimum Gasteiger partial charge on any atom is -0.457 e. The number of ether oxygens (including phenoxy) is 3. The van der Waals surface area contributed by atoms with Crippen LogP contribution in [0.2, 0.25) is 5.15 Å². The maximum Gasteiger partial charge on any atom is 0.311 e. The largest absolute Gasteiger partial charge is 0.457 e. The molecule has 4 aromatic heterocycles. The normalized spacial score (nSPS) is 35.9. The maximum atomic E-state index is 12.6. The van der Waals surface area contributed by atoms with Crippen molar-refractivity contribution in [1.29, 1.82) is 0 Å². The molecule has 0 unspecified atom stereocenters. The van der Waals surface area contributed by atoms with Crippen LogP contribution in [0.3, 0.4) is 0 Å². The minimum absolute atomic E-state index is 0.0692. The molecule has 0 aromatic carbocycles. The van der Waals surface area contributed by atoms with E-state index in [9.17, 15) is 20.1 Å². The van der Waals surface area contributed by atoms with Crippen molar-refractivity contribution in [3.8, 4) is 0 Å². The Bertz CT molecular complexity index is 1850. The van der Waals surface area contributed by atoms with Crippen molar-refractivity contribution in [1.82, 2.24) is 39.0 Å². The molecule has 6 atom stereocenters. The Balaban J connectivity index is 0.000000156. The number of hydrogen-bond acceptors (Lipinski definition) is 14. The fourth-order valence-electron chi connectivity index (χ4n) is 7.43. The van der Waals surface area contributed by atoms with E-state index in [1.54, 1.807) is 6.33 Å². The van der Waals surface area contributed by atoms with Crippen molar-refractivity contribution >= 4 is 45.7 Å². The predicted molar refractivity (Wildman–Crippen MR) is 170 cm³/mol. The number of imidazole rings is 2. The minimum atomic E-state index is -1.13. The number of carbonyl (C=O) groups is 1. The van der Waals surface area contributed by atoms with Crippen LogP contribution < -0.4 is 5.73 Å². The van der Waals surface area contributed by atoms with E-state index in [2.05, 4.69) is 43.8 Å². The highest BCUT2D eigenvalue weighted by atomic mass is 35.5. The predicted octanol–water partition coefficient (Wildman–Crippen LogP) is 2.32. The molecule has 48 heavy (non-hydrogen) atoms. The van der Waals surface area contributed by atoms with Crippen LogP contribution in [0.4, 0.5) is 5.82 Å².